The van der Waals surface area contributed by atoms with E-state index in [9.17, 15) is 4.39 Å². The van der Waals surface area contributed by atoms with E-state index in [-0.39, 0.29) is 5.82 Å². The lowest BCUT2D eigenvalue weighted by molar-refractivity contribution is 0.179. The first-order chi connectivity index (χ1) is 8.81. The Morgan fingerprint density at radius 1 is 1.22 bits per heavy atom. The van der Waals surface area contributed by atoms with E-state index in [2.05, 4.69) is 4.90 Å². The molecule has 0 aliphatic carbocycles. The number of nitrogens with zero attached hydrogens (tertiary/aromatic N) is 1. The maximum atomic E-state index is 13.6. The lowest BCUT2D eigenvalue weighted by Gasteiger charge is -2.26. The molecule has 0 bridgehead atoms. The van der Waals surface area contributed by atoms with Crippen molar-refractivity contribution in [2.45, 2.75) is 25.8 Å². The molecule has 100 valence electrons. The maximum Gasteiger partial charge on any atom is 0.165 e. The molecule has 0 amide bonds. The average Bonchev–Trinajstić information content (AvgIpc) is 2.41. The zero-order valence-corrected chi connectivity index (χ0v) is 10.7. The molecular weight excluding hydrogens is 231 g/mol. The smallest absolute Gasteiger partial charge is 0.165 e. The van der Waals surface area contributed by atoms with E-state index in [1.165, 1.54) is 25.3 Å². The monoisotopic (exact) mass is 252 g/mol. The Balaban J connectivity index is 1.85. The summed E-state index contributed by atoms with van der Waals surface area (Å²) in [5.41, 5.74) is 6.31. The lowest BCUT2D eigenvalue weighted by Crippen LogP contribution is -2.33. The Kier molecular flexibility index (Phi) is 4.96. The van der Waals surface area contributed by atoms with Crippen LogP contribution in [-0.4, -0.2) is 31.1 Å². The first-order valence-electron chi connectivity index (χ1n) is 6.64. The average molecular weight is 252 g/mol. The van der Waals surface area contributed by atoms with Gasteiger partial charge in [0.1, 0.15) is 6.61 Å². The van der Waals surface area contributed by atoms with Crippen molar-refractivity contribution < 1.29 is 9.13 Å². The minimum Gasteiger partial charge on any atom is -0.489 e. The quantitative estimate of drug-likeness (QED) is 0.872. The molecule has 0 atom stereocenters. The van der Waals surface area contributed by atoms with E-state index < -0.39 is 0 Å². The molecule has 0 radical (unpaired) electrons. The Morgan fingerprint density at radius 2 is 2.00 bits per heavy atom. The number of piperidine rings is 1. The largest absolute Gasteiger partial charge is 0.489 e. The number of nitrogens with two attached hydrogens (primary N) is 1. The molecule has 2 N–H and O–H groups in total. The van der Waals surface area contributed by atoms with E-state index in [4.69, 9.17) is 10.5 Å². The van der Waals surface area contributed by atoms with Gasteiger partial charge in [-0.25, -0.2) is 4.39 Å². The van der Waals surface area contributed by atoms with Crippen LogP contribution < -0.4 is 10.5 Å². The number of halogens is 1. The molecule has 0 spiro atoms. The summed E-state index contributed by atoms with van der Waals surface area (Å²) in [6.07, 6.45) is 3.84. The van der Waals surface area contributed by atoms with Crippen molar-refractivity contribution in [3.63, 3.8) is 0 Å². The van der Waals surface area contributed by atoms with E-state index in [0.717, 1.165) is 25.2 Å². The molecule has 1 aliphatic heterocycles. The van der Waals surface area contributed by atoms with Gasteiger partial charge in [-0.1, -0.05) is 18.6 Å². The van der Waals surface area contributed by atoms with E-state index >= 15 is 0 Å². The van der Waals surface area contributed by atoms with Crippen molar-refractivity contribution >= 4 is 0 Å². The normalized spacial score (nSPS) is 16.8. The Morgan fingerprint density at radius 3 is 2.72 bits per heavy atom. The van der Waals surface area contributed by atoms with Crippen LogP contribution >= 0.6 is 0 Å². The molecule has 3 nitrogen and oxygen atoms in total. The van der Waals surface area contributed by atoms with Crippen molar-refractivity contribution in [2.75, 3.05) is 26.2 Å². The topological polar surface area (TPSA) is 38.5 Å². The molecule has 1 heterocycles. The number of rotatable bonds is 5. The van der Waals surface area contributed by atoms with Gasteiger partial charge in [-0.2, -0.15) is 0 Å². The van der Waals surface area contributed by atoms with Gasteiger partial charge in [0, 0.05) is 18.7 Å². The highest BCUT2D eigenvalue weighted by atomic mass is 19.1. The summed E-state index contributed by atoms with van der Waals surface area (Å²) < 4.78 is 19.2. The predicted octanol–water partition coefficient (Wildman–Crippen LogP) is 2.15. The van der Waals surface area contributed by atoms with Crippen molar-refractivity contribution in [2.24, 2.45) is 5.73 Å². The Bertz CT molecular complexity index is 378. The fraction of sp³-hybridized carbons (Fsp3) is 0.571. The molecule has 4 heteroatoms. The number of benzene rings is 1. The van der Waals surface area contributed by atoms with Crippen molar-refractivity contribution in [1.82, 2.24) is 4.90 Å². The number of hydrogen-bond donors (Lipinski definition) is 1. The fourth-order valence-corrected chi connectivity index (χ4v) is 2.34. The van der Waals surface area contributed by atoms with E-state index in [0.29, 0.717) is 18.9 Å². The molecule has 18 heavy (non-hydrogen) atoms. The molecule has 1 aliphatic rings. The van der Waals surface area contributed by atoms with Crippen LogP contribution in [0.15, 0.2) is 18.2 Å². The van der Waals surface area contributed by atoms with Gasteiger partial charge in [0.05, 0.1) is 0 Å². The van der Waals surface area contributed by atoms with Gasteiger partial charge in [0.15, 0.2) is 11.6 Å². The minimum absolute atomic E-state index is 0.302. The molecule has 1 fully saturated rings. The molecule has 0 saturated carbocycles. The summed E-state index contributed by atoms with van der Waals surface area (Å²) >= 11 is 0. The van der Waals surface area contributed by atoms with Gasteiger partial charge in [0.2, 0.25) is 0 Å². The van der Waals surface area contributed by atoms with Crippen LogP contribution in [0.3, 0.4) is 0 Å². The lowest BCUT2D eigenvalue weighted by atomic mass is 10.1. The summed E-state index contributed by atoms with van der Waals surface area (Å²) in [5, 5.41) is 0. The predicted molar refractivity (Wildman–Crippen MR) is 70.1 cm³/mol. The highest BCUT2D eigenvalue weighted by molar-refractivity contribution is 5.34. The number of para-hydroxylation sites is 1. The molecule has 1 aromatic rings. The second kappa shape index (κ2) is 6.71. The molecule has 1 saturated heterocycles. The molecule has 1 aromatic carbocycles. The van der Waals surface area contributed by atoms with Gasteiger partial charge >= 0.3 is 0 Å². The van der Waals surface area contributed by atoms with E-state index in [1.54, 1.807) is 12.1 Å². The first-order valence-corrected chi connectivity index (χ1v) is 6.64. The standard InChI is InChI=1S/C14H21FN2O/c15-13-6-4-5-12(11-16)14(13)18-10-9-17-7-2-1-3-8-17/h4-6H,1-3,7-11,16H2. The summed E-state index contributed by atoms with van der Waals surface area (Å²) in [7, 11) is 0. The minimum atomic E-state index is -0.323. The molecule has 2 rings (SSSR count). The highest BCUT2D eigenvalue weighted by Crippen LogP contribution is 2.22. The van der Waals surface area contributed by atoms with Crippen LogP contribution in [0.4, 0.5) is 4.39 Å². The summed E-state index contributed by atoms with van der Waals surface area (Å²) in [4.78, 5) is 2.37. The van der Waals surface area contributed by atoms with Crippen molar-refractivity contribution in [3.8, 4) is 5.75 Å². The van der Waals surface area contributed by atoms with Crippen LogP contribution in [0.1, 0.15) is 24.8 Å². The molecule has 0 unspecified atom stereocenters. The zero-order chi connectivity index (χ0) is 12.8. The van der Waals surface area contributed by atoms with Gasteiger partial charge in [-0.3, -0.25) is 4.90 Å². The second-order valence-corrected chi connectivity index (χ2v) is 4.68. The van der Waals surface area contributed by atoms with Crippen LogP contribution in [0.25, 0.3) is 0 Å². The Labute approximate surface area is 108 Å². The summed E-state index contributed by atoms with van der Waals surface area (Å²) in [5.74, 6) is -0.00592. The summed E-state index contributed by atoms with van der Waals surface area (Å²) in [6.45, 7) is 3.94. The van der Waals surface area contributed by atoms with Crippen LogP contribution in [-0.2, 0) is 6.54 Å². The second-order valence-electron chi connectivity index (χ2n) is 4.68. The van der Waals surface area contributed by atoms with Gasteiger partial charge < -0.3 is 10.5 Å². The highest BCUT2D eigenvalue weighted by Gasteiger charge is 2.12. The van der Waals surface area contributed by atoms with Gasteiger partial charge in [-0.05, 0) is 32.0 Å². The van der Waals surface area contributed by atoms with Crippen LogP contribution in [0.2, 0.25) is 0 Å². The van der Waals surface area contributed by atoms with Gasteiger partial charge in [-0.15, -0.1) is 0 Å². The van der Waals surface area contributed by atoms with Crippen LogP contribution in [0.5, 0.6) is 5.75 Å². The third-order valence-electron chi connectivity index (χ3n) is 3.37. The third kappa shape index (κ3) is 3.43. The van der Waals surface area contributed by atoms with Gasteiger partial charge in [0.25, 0.3) is 0 Å². The number of ether oxygens (including phenoxy) is 1. The molecule has 0 aromatic heterocycles. The SMILES string of the molecule is NCc1cccc(F)c1OCCN1CCCCC1. The fourth-order valence-electron chi connectivity index (χ4n) is 2.34. The van der Waals surface area contributed by atoms with Crippen molar-refractivity contribution in [3.05, 3.63) is 29.6 Å². The third-order valence-corrected chi connectivity index (χ3v) is 3.37. The number of hydrogen-bond acceptors (Lipinski definition) is 3. The first kappa shape index (κ1) is 13.3. The maximum absolute atomic E-state index is 13.6. The van der Waals surface area contributed by atoms with Crippen molar-refractivity contribution in [1.29, 1.82) is 0 Å². The molecular formula is C14H21FN2O. The van der Waals surface area contributed by atoms with Crippen LogP contribution in [0, 0.1) is 5.82 Å². The number of likely N-dealkylation sites (tertiary alicyclic amines) is 1. The Hall–Kier alpha value is -1.13. The zero-order valence-electron chi connectivity index (χ0n) is 10.7. The summed E-state index contributed by atoms with van der Waals surface area (Å²) in [6, 6.07) is 4.88. The van der Waals surface area contributed by atoms with E-state index in [1.807, 2.05) is 0 Å².